The summed E-state index contributed by atoms with van der Waals surface area (Å²) in [6, 6.07) is 6.36. The number of hydrogen-bond acceptors (Lipinski definition) is 6. The van der Waals surface area contributed by atoms with Gasteiger partial charge in [0.15, 0.2) is 5.82 Å². The molecule has 0 aliphatic carbocycles. The van der Waals surface area contributed by atoms with Crippen LogP contribution in [-0.4, -0.2) is 34.4 Å². The average molecular weight is 397 g/mol. The quantitative estimate of drug-likeness (QED) is 0.663. The summed E-state index contributed by atoms with van der Waals surface area (Å²) >= 11 is 7.20. The number of hydrogen-bond donors (Lipinski definition) is 3. The lowest BCUT2D eigenvalue weighted by atomic mass is 10.2. The highest BCUT2D eigenvalue weighted by Crippen LogP contribution is 2.25. The summed E-state index contributed by atoms with van der Waals surface area (Å²) in [7, 11) is 0. The van der Waals surface area contributed by atoms with Crippen molar-refractivity contribution in [3.05, 3.63) is 35.0 Å². The van der Waals surface area contributed by atoms with E-state index in [4.69, 9.17) is 16.1 Å². The van der Waals surface area contributed by atoms with Gasteiger partial charge in [0.05, 0.1) is 22.2 Å². The van der Waals surface area contributed by atoms with E-state index in [0.717, 1.165) is 11.8 Å². The Labute approximate surface area is 159 Å². The SMILES string of the molecule is CC(=O)Nc1ccc(NC(=O)CSCC(=O)Nc2cc(C)on2)cc1Cl. The van der Waals surface area contributed by atoms with Gasteiger partial charge in [0.25, 0.3) is 0 Å². The van der Waals surface area contributed by atoms with Crippen molar-refractivity contribution in [2.75, 3.05) is 27.5 Å². The standard InChI is InChI=1S/C16H17ClN4O4S/c1-9-5-14(21-25-9)20-16(24)8-26-7-15(23)19-11-3-4-13(12(17)6-11)18-10(2)22/h3-6H,7-8H2,1-2H3,(H,18,22)(H,19,23)(H,20,21,24). The van der Waals surface area contributed by atoms with Gasteiger partial charge in [0.1, 0.15) is 5.76 Å². The van der Waals surface area contributed by atoms with E-state index in [1.54, 1.807) is 25.1 Å². The number of thioether (sulfide) groups is 1. The van der Waals surface area contributed by atoms with Crippen molar-refractivity contribution in [2.45, 2.75) is 13.8 Å². The van der Waals surface area contributed by atoms with E-state index in [1.165, 1.54) is 13.0 Å². The second-order valence-electron chi connectivity index (χ2n) is 5.29. The molecule has 1 aromatic carbocycles. The molecule has 0 atom stereocenters. The summed E-state index contributed by atoms with van der Waals surface area (Å²) in [5, 5.41) is 11.8. The molecule has 2 rings (SSSR count). The highest BCUT2D eigenvalue weighted by atomic mass is 35.5. The highest BCUT2D eigenvalue weighted by molar-refractivity contribution is 8.00. The molecule has 10 heteroatoms. The number of halogens is 1. The lowest BCUT2D eigenvalue weighted by Gasteiger charge is -2.09. The number of aromatic nitrogens is 1. The van der Waals surface area contributed by atoms with Crippen molar-refractivity contribution >= 4 is 58.3 Å². The molecule has 8 nitrogen and oxygen atoms in total. The van der Waals surface area contributed by atoms with Gasteiger partial charge in [-0.25, -0.2) is 0 Å². The van der Waals surface area contributed by atoms with Crippen molar-refractivity contribution in [1.29, 1.82) is 0 Å². The van der Waals surface area contributed by atoms with E-state index in [9.17, 15) is 14.4 Å². The number of amides is 3. The number of carbonyl (C=O) groups is 3. The van der Waals surface area contributed by atoms with Crippen molar-refractivity contribution in [3.8, 4) is 0 Å². The van der Waals surface area contributed by atoms with Crippen LogP contribution in [0.2, 0.25) is 5.02 Å². The Morgan fingerprint density at radius 3 is 2.38 bits per heavy atom. The minimum absolute atomic E-state index is 0.0936. The van der Waals surface area contributed by atoms with Crippen LogP contribution in [-0.2, 0) is 14.4 Å². The zero-order valence-electron chi connectivity index (χ0n) is 14.1. The van der Waals surface area contributed by atoms with Crippen molar-refractivity contribution in [2.24, 2.45) is 0 Å². The van der Waals surface area contributed by atoms with E-state index in [2.05, 4.69) is 21.1 Å². The summed E-state index contributed by atoms with van der Waals surface area (Å²) in [4.78, 5) is 34.7. The minimum atomic E-state index is -0.279. The molecule has 138 valence electrons. The lowest BCUT2D eigenvalue weighted by molar-refractivity contribution is -0.115. The maximum absolute atomic E-state index is 11.9. The molecule has 0 bridgehead atoms. The number of nitrogens with one attached hydrogen (secondary N) is 3. The van der Waals surface area contributed by atoms with Crippen molar-refractivity contribution in [3.63, 3.8) is 0 Å². The maximum Gasteiger partial charge on any atom is 0.235 e. The molecule has 1 heterocycles. The first kappa shape index (κ1) is 19.8. The molecule has 0 saturated carbocycles. The predicted octanol–water partition coefficient (Wildman–Crippen LogP) is 2.91. The number of rotatable bonds is 7. The van der Waals surface area contributed by atoms with Crippen LogP contribution in [0, 0.1) is 6.92 Å². The number of anilines is 3. The van der Waals surface area contributed by atoms with Crippen LogP contribution in [0.15, 0.2) is 28.8 Å². The van der Waals surface area contributed by atoms with Gasteiger partial charge < -0.3 is 20.5 Å². The summed E-state index contributed by atoms with van der Waals surface area (Å²) < 4.78 is 4.84. The fourth-order valence-electron chi connectivity index (χ4n) is 1.92. The summed E-state index contributed by atoms with van der Waals surface area (Å²) in [5.74, 6) is 0.334. The fourth-order valence-corrected chi connectivity index (χ4v) is 2.77. The lowest BCUT2D eigenvalue weighted by Crippen LogP contribution is -2.18. The Bertz CT molecular complexity index is 824. The third-order valence-electron chi connectivity index (χ3n) is 2.93. The molecule has 1 aromatic heterocycles. The number of benzene rings is 1. The van der Waals surface area contributed by atoms with Gasteiger partial charge in [0, 0.05) is 18.7 Å². The van der Waals surface area contributed by atoms with Crippen molar-refractivity contribution < 1.29 is 18.9 Å². The van der Waals surface area contributed by atoms with E-state index < -0.39 is 0 Å². The summed E-state index contributed by atoms with van der Waals surface area (Å²) in [6.07, 6.45) is 0. The number of carbonyl (C=O) groups excluding carboxylic acids is 3. The molecular formula is C16H17ClN4O4S. The van der Waals surface area contributed by atoms with Crippen LogP contribution in [0.25, 0.3) is 0 Å². The zero-order valence-corrected chi connectivity index (χ0v) is 15.7. The van der Waals surface area contributed by atoms with Gasteiger partial charge in [-0.1, -0.05) is 16.8 Å². The Morgan fingerprint density at radius 2 is 1.81 bits per heavy atom. The van der Waals surface area contributed by atoms with Gasteiger partial charge in [-0.3, -0.25) is 14.4 Å². The van der Waals surface area contributed by atoms with E-state index in [1.807, 2.05) is 0 Å². The van der Waals surface area contributed by atoms with Gasteiger partial charge in [-0.15, -0.1) is 11.8 Å². The van der Waals surface area contributed by atoms with E-state index in [0.29, 0.717) is 28.0 Å². The molecule has 0 saturated heterocycles. The van der Waals surface area contributed by atoms with E-state index >= 15 is 0 Å². The molecule has 0 radical (unpaired) electrons. The number of nitrogens with zero attached hydrogens (tertiary/aromatic N) is 1. The molecule has 3 amide bonds. The first-order chi connectivity index (χ1) is 12.3. The van der Waals surface area contributed by atoms with Gasteiger partial charge >= 0.3 is 0 Å². The molecule has 0 fully saturated rings. The molecule has 3 N–H and O–H groups in total. The third kappa shape index (κ3) is 6.41. The molecular weight excluding hydrogens is 380 g/mol. The van der Waals surface area contributed by atoms with E-state index in [-0.39, 0.29) is 29.2 Å². The minimum Gasteiger partial charge on any atom is -0.360 e. The fraction of sp³-hybridized carbons (Fsp3) is 0.250. The largest absolute Gasteiger partial charge is 0.360 e. The molecule has 26 heavy (non-hydrogen) atoms. The Kier molecular flexibility index (Phi) is 7.05. The second kappa shape index (κ2) is 9.25. The van der Waals surface area contributed by atoms with Crippen LogP contribution in [0.1, 0.15) is 12.7 Å². The smallest absolute Gasteiger partial charge is 0.235 e. The normalized spacial score (nSPS) is 10.3. The molecule has 0 aliphatic rings. The van der Waals surface area contributed by atoms with Crippen LogP contribution < -0.4 is 16.0 Å². The average Bonchev–Trinajstić information content (AvgIpc) is 2.94. The van der Waals surface area contributed by atoms with Gasteiger partial charge in [-0.05, 0) is 25.1 Å². The highest BCUT2D eigenvalue weighted by Gasteiger charge is 2.10. The summed E-state index contributed by atoms with van der Waals surface area (Å²) in [5.41, 5.74) is 0.962. The molecule has 0 aliphatic heterocycles. The predicted molar refractivity (Wildman–Crippen MR) is 102 cm³/mol. The second-order valence-corrected chi connectivity index (χ2v) is 6.68. The molecule has 2 aromatic rings. The van der Waals surface area contributed by atoms with Crippen LogP contribution >= 0.6 is 23.4 Å². The van der Waals surface area contributed by atoms with Crippen LogP contribution in [0.3, 0.4) is 0 Å². The van der Waals surface area contributed by atoms with Gasteiger partial charge in [0.2, 0.25) is 17.7 Å². The first-order valence-corrected chi connectivity index (χ1v) is 9.04. The van der Waals surface area contributed by atoms with Crippen LogP contribution in [0.4, 0.5) is 17.2 Å². The zero-order chi connectivity index (χ0) is 19.1. The Morgan fingerprint density at radius 1 is 1.12 bits per heavy atom. The van der Waals surface area contributed by atoms with Gasteiger partial charge in [-0.2, -0.15) is 0 Å². The van der Waals surface area contributed by atoms with Crippen molar-refractivity contribution in [1.82, 2.24) is 5.16 Å². The maximum atomic E-state index is 11.9. The Balaban J connectivity index is 1.75. The molecule has 0 spiro atoms. The monoisotopic (exact) mass is 396 g/mol. The molecule has 0 unspecified atom stereocenters. The Hall–Kier alpha value is -2.52. The summed E-state index contributed by atoms with van der Waals surface area (Å²) in [6.45, 7) is 3.10. The van der Waals surface area contributed by atoms with Crippen LogP contribution in [0.5, 0.6) is 0 Å². The third-order valence-corrected chi connectivity index (χ3v) is 4.17. The number of aryl methyl sites for hydroxylation is 1. The topological polar surface area (TPSA) is 113 Å². The first-order valence-electron chi connectivity index (χ1n) is 7.51.